The topological polar surface area (TPSA) is 189 Å². The number of thioether (sulfide) groups is 2. The SMILES string of the molecule is CC(C)(C)OC(=O)N[C@@H](Cc1ccccc1)C(=O)N[C@@H](Cc1cnc[nH]1)C(=O)NC(=O)CC(O)C(N)CC1SCCS1. The molecule has 1 fully saturated rings. The number of amides is 4. The first kappa shape index (κ1) is 33.4. The Morgan fingerprint density at radius 1 is 1.07 bits per heavy atom. The van der Waals surface area contributed by atoms with Gasteiger partial charge in [-0.3, -0.25) is 19.7 Å². The maximum atomic E-state index is 13.5. The van der Waals surface area contributed by atoms with Crippen molar-refractivity contribution >= 4 is 47.3 Å². The van der Waals surface area contributed by atoms with E-state index < -0.39 is 53.6 Å². The van der Waals surface area contributed by atoms with E-state index in [4.69, 9.17) is 10.5 Å². The fraction of sp³-hybridized carbons (Fsp3) is 0.536. The lowest BCUT2D eigenvalue weighted by Crippen LogP contribution is -2.56. The van der Waals surface area contributed by atoms with Crippen LogP contribution in [0.1, 0.15) is 44.9 Å². The number of alkyl carbamates (subject to hydrolysis) is 1. The van der Waals surface area contributed by atoms with Crippen LogP contribution in [-0.4, -0.2) is 84.8 Å². The molecule has 1 aromatic carbocycles. The number of hydrogen-bond acceptors (Lipinski definition) is 10. The van der Waals surface area contributed by atoms with Crippen LogP contribution in [0.5, 0.6) is 0 Å². The number of ether oxygens (including phenoxy) is 1. The number of aliphatic hydroxyl groups is 1. The van der Waals surface area contributed by atoms with Crippen LogP contribution in [0.15, 0.2) is 42.9 Å². The van der Waals surface area contributed by atoms with Crippen molar-refractivity contribution in [2.24, 2.45) is 5.73 Å². The summed E-state index contributed by atoms with van der Waals surface area (Å²) in [6.45, 7) is 5.12. The number of aromatic nitrogens is 2. The molecule has 1 aliphatic rings. The third-order valence-corrected chi connectivity index (χ3v) is 9.29. The van der Waals surface area contributed by atoms with E-state index in [1.165, 1.54) is 12.5 Å². The number of nitrogens with two attached hydrogens (primary N) is 1. The van der Waals surface area contributed by atoms with Gasteiger partial charge < -0.3 is 31.2 Å². The van der Waals surface area contributed by atoms with Crippen molar-refractivity contribution in [2.75, 3.05) is 11.5 Å². The highest BCUT2D eigenvalue weighted by molar-refractivity contribution is 8.20. The number of H-pyrrole nitrogens is 1. The zero-order valence-corrected chi connectivity index (χ0v) is 25.6. The molecule has 2 heterocycles. The first-order valence-electron chi connectivity index (χ1n) is 13.7. The molecule has 3 rings (SSSR count). The summed E-state index contributed by atoms with van der Waals surface area (Å²) in [5, 5.41) is 18.0. The number of imide groups is 1. The summed E-state index contributed by atoms with van der Waals surface area (Å²) < 4.78 is 5.61. The van der Waals surface area contributed by atoms with E-state index in [-0.39, 0.29) is 23.8 Å². The normalized spacial score (nSPS) is 16.6. The Balaban J connectivity index is 1.68. The zero-order chi connectivity index (χ0) is 30.7. The Bertz CT molecular complexity index is 1170. The van der Waals surface area contributed by atoms with Crippen LogP contribution in [0.4, 0.5) is 4.79 Å². The monoisotopic (exact) mass is 620 g/mol. The zero-order valence-electron chi connectivity index (χ0n) is 24.0. The van der Waals surface area contributed by atoms with Gasteiger partial charge in [-0.2, -0.15) is 0 Å². The second-order valence-corrected chi connectivity index (χ2v) is 13.9. The molecule has 0 saturated carbocycles. The lowest BCUT2D eigenvalue weighted by atomic mass is 10.0. The van der Waals surface area contributed by atoms with E-state index in [0.717, 1.165) is 17.1 Å². The summed E-state index contributed by atoms with van der Waals surface area (Å²) in [4.78, 5) is 58.8. The number of rotatable bonds is 13. The van der Waals surface area contributed by atoms with Crippen molar-refractivity contribution < 1.29 is 29.0 Å². The van der Waals surface area contributed by atoms with Gasteiger partial charge in [0.2, 0.25) is 17.7 Å². The molecule has 0 radical (unpaired) electrons. The number of nitrogens with zero attached hydrogens (tertiary/aromatic N) is 1. The van der Waals surface area contributed by atoms with Crippen LogP contribution >= 0.6 is 23.5 Å². The second kappa shape index (κ2) is 16.0. The van der Waals surface area contributed by atoms with Gasteiger partial charge in [-0.1, -0.05) is 30.3 Å². The highest BCUT2D eigenvalue weighted by Crippen LogP contribution is 2.35. The predicted molar refractivity (Wildman–Crippen MR) is 163 cm³/mol. The Morgan fingerprint density at radius 3 is 2.36 bits per heavy atom. The van der Waals surface area contributed by atoms with Gasteiger partial charge in [0.15, 0.2) is 0 Å². The van der Waals surface area contributed by atoms with Crippen LogP contribution in [-0.2, 0) is 32.0 Å². The highest BCUT2D eigenvalue weighted by atomic mass is 32.2. The van der Waals surface area contributed by atoms with Gasteiger partial charge in [0.1, 0.15) is 17.7 Å². The first-order valence-corrected chi connectivity index (χ1v) is 15.8. The molecule has 2 unspecified atom stereocenters. The molecule has 1 aliphatic heterocycles. The van der Waals surface area contributed by atoms with Gasteiger partial charge in [-0.05, 0) is 32.8 Å². The summed E-state index contributed by atoms with van der Waals surface area (Å²) in [5.41, 5.74) is 6.64. The number of imidazole rings is 1. The van der Waals surface area contributed by atoms with Gasteiger partial charge in [0.25, 0.3) is 0 Å². The number of benzene rings is 1. The van der Waals surface area contributed by atoms with Crippen molar-refractivity contribution in [1.29, 1.82) is 0 Å². The molecule has 1 aromatic heterocycles. The number of hydrogen-bond donors (Lipinski definition) is 6. The molecule has 2 aromatic rings. The van der Waals surface area contributed by atoms with Crippen molar-refractivity contribution in [2.45, 2.75) is 80.9 Å². The number of carbonyl (C=O) groups is 4. The number of nitrogens with one attached hydrogen (secondary N) is 4. The Morgan fingerprint density at radius 2 is 1.74 bits per heavy atom. The molecule has 1 saturated heterocycles. The number of aliphatic hydroxyl groups excluding tert-OH is 1. The molecule has 12 nitrogen and oxygen atoms in total. The van der Waals surface area contributed by atoms with Gasteiger partial charge in [0, 0.05) is 42.3 Å². The van der Waals surface area contributed by atoms with Gasteiger partial charge >= 0.3 is 6.09 Å². The Kier molecular flexibility index (Phi) is 12.7. The van der Waals surface area contributed by atoms with E-state index >= 15 is 0 Å². The minimum absolute atomic E-state index is 0.00641. The van der Waals surface area contributed by atoms with Crippen LogP contribution in [0.25, 0.3) is 0 Å². The summed E-state index contributed by atoms with van der Waals surface area (Å²) in [6.07, 6.45) is 1.31. The smallest absolute Gasteiger partial charge is 0.408 e. The van der Waals surface area contributed by atoms with Crippen LogP contribution < -0.4 is 21.7 Å². The lowest BCUT2D eigenvalue weighted by Gasteiger charge is -2.25. The van der Waals surface area contributed by atoms with Crippen LogP contribution in [0.3, 0.4) is 0 Å². The summed E-state index contributed by atoms with van der Waals surface area (Å²) in [5.74, 6) is -0.0929. The lowest BCUT2D eigenvalue weighted by molar-refractivity contribution is -0.135. The van der Waals surface area contributed by atoms with Crippen molar-refractivity contribution in [3.8, 4) is 0 Å². The Hall–Kier alpha value is -3.07. The molecule has 4 amide bonds. The summed E-state index contributed by atoms with van der Waals surface area (Å²) >= 11 is 3.54. The van der Waals surface area contributed by atoms with Crippen molar-refractivity contribution in [3.05, 3.63) is 54.1 Å². The van der Waals surface area contributed by atoms with Gasteiger partial charge in [-0.25, -0.2) is 9.78 Å². The standard InChI is InChI=1S/C28H40N6O6S2/c1-28(2,3)40-27(39)33-20(11-17-7-5-4-6-8-17)25(37)32-21(12-18-15-30-16-31-18)26(38)34-23(36)14-22(35)19(29)13-24-41-9-10-42-24/h4-8,15-16,19-22,24,35H,9-14,29H2,1-3H3,(H,30,31)(H,32,37)(H,33,39)(H,34,36,38)/t19?,20-,21-,22?/m0/s1. The fourth-order valence-electron chi connectivity index (χ4n) is 4.15. The minimum Gasteiger partial charge on any atom is -0.444 e. The molecule has 0 bridgehead atoms. The van der Waals surface area contributed by atoms with E-state index in [9.17, 15) is 24.3 Å². The minimum atomic E-state index is -1.20. The molecule has 4 atom stereocenters. The number of aromatic amines is 1. The second-order valence-electron chi connectivity index (χ2n) is 11.0. The largest absolute Gasteiger partial charge is 0.444 e. The molecule has 0 spiro atoms. The number of carbonyl (C=O) groups excluding carboxylic acids is 4. The van der Waals surface area contributed by atoms with E-state index in [1.807, 2.05) is 30.3 Å². The summed E-state index contributed by atoms with van der Waals surface area (Å²) in [7, 11) is 0. The third-order valence-electron chi connectivity index (χ3n) is 6.21. The van der Waals surface area contributed by atoms with Crippen LogP contribution in [0.2, 0.25) is 0 Å². The molecular weight excluding hydrogens is 580 g/mol. The van der Waals surface area contributed by atoms with Gasteiger partial charge in [-0.15, -0.1) is 23.5 Å². The quantitative estimate of drug-likeness (QED) is 0.191. The third kappa shape index (κ3) is 11.7. The van der Waals surface area contributed by atoms with E-state index in [1.54, 1.807) is 44.3 Å². The first-order chi connectivity index (χ1) is 19.9. The maximum Gasteiger partial charge on any atom is 0.408 e. The molecule has 42 heavy (non-hydrogen) atoms. The van der Waals surface area contributed by atoms with Crippen molar-refractivity contribution in [1.82, 2.24) is 25.9 Å². The van der Waals surface area contributed by atoms with Gasteiger partial charge in [0.05, 0.1) is 23.4 Å². The fourth-order valence-corrected chi connectivity index (χ4v) is 7.12. The van der Waals surface area contributed by atoms with E-state index in [2.05, 4.69) is 25.9 Å². The molecular formula is C28H40N6O6S2. The molecule has 230 valence electrons. The Labute approximate surface area is 254 Å². The highest BCUT2D eigenvalue weighted by Gasteiger charge is 2.31. The average Bonchev–Trinajstić information content (AvgIpc) is 3.62. The van der Waals surface area contributed by atoms with Crippen molar-refractivity contribution in [3.63, 3.8) is 0 Å². The van der Waals surface area contributed by atoms with E-state index in [0.29, 0.717) is 12.1 Å². The predicted octanol–water partition coefficient (Wildman–Crippen LogP) is 1.49. The molecule has 0 aliphatic carbocycles. The summed E-state index contributed by atoms with van der Waals surface area (Å²) in [6, 6.07) is 6.17. The van der Waals surface area contributed by atoms with Crippen LogP contribution in [0, 0.1) is 0 Å². The molecule has 14 heteroatoms. The molecule has 7 N–H and O–H groups in total. The maximum absolute atomic E-state index is 13.5. The average molecular weight is 621 g/mol.